The van der Waals surface area contributed by atoms with Crippen LogP contribution in [-0.2, 0) is 4.57 Å². The van der Waals surface area contributed by atoms with Gasteiger partial charge >= 0.3 is 0 Å². The zero-order chi connectivity index (χ0) is 31.4. The Morgan fingerprint density at radius 2 is 1.00 bits per heavy atom. The molecule has 1 nitrogen and oxygen atoms in total. The van der Waals surface area contributed by atoms with Gasteiger partial charge in [-0.3, -0.25) is 0 Å². The van der Waals surface area contributed by atoms with Crippen molar-refractivity contribution in [2.45, 2.75) is 20.8 Å². The van der Waals surface area contributed by atoms with Gasteiger partial charge in [0.2, 0.25) is 0 Å². The number of benzene rings is 6. The monoisotopic (exact) mass is 600 g/mol. The lowest BCUT2D eigenvalue weighted by Crippen LogP contribution is -2.24. The second-order valence-corrected chi connectivity index (χ2v) is 14.3. The minimum atomic E-state index is -3.03. The van der Waals surface area contributed by atoms with Crippen LogP contribution in [0.2, 0.25) is 0 Å². The highest BCUT2D eigenvalue weighted by Crippen LogP contribution is 2.43. The Labute approximate surface area is 267 Å². The van der Waals surface area contributed by atoms with Gasteiger partial charge in [-0.05, 0) is 82.5 Å². The summed E-state index contributed by atoms with van der Waals surface area (Å²) in [4.78, 5) is 0. The van der Waals surface area contributed by atoms with Crippen LogP contribution in [0.25, 0.3) is 27.8 Å². The number of hydrogen-bond acceptors (Lipinski definition) is 1. The molecule has 45 heavy (non-hydrogen) atoms. The first-order valence-electron chi connectivity index (χ1n) is 15.3. The molecule has 0 aliphatic heterocycles. The number of aryl methyl sites for hydroxylation is 2. The lowest BCUT2D eigenvalue weighted by atomic mass is 9.84. The third-order valence-corrected chi connectivity index (χ3v) is 11.7. The summed E-state index contributed by atoms with van der Waals surface area (Å²) in [6, 6.07) is 53.5. The topological polar surface area (TPSA) is 17.1 Å². The lowest BCUT2D eigenvalue weighted by molar-refractivity contribution is 0.592. The molecule has 6 aromatic rings. The average molecular weight is 601 g/mol. The summed E-state index contributed by atoms with van der Waals surface area (Å²) in [6.07, 6.45) is 0. The SMILES string of the molecule is C=C(/C(=C(/C)c1ccccc1C)c1ccccc1C)c1cccc(-c2ccc(P(=O)(c3ccccc3)c3ccccc3)cc2)c1. The Hall–Kier alpha value is -4.97. The maximum absolute atomic E-state index is 14.8. The van der Waals surface area contributed by atoms with Gasteiger partial charge in [-0.15, -0.1) is 0 Å². The molecule has 0 aromatic heterocycles. The maximum atomic E-state index is 14.8. The average Bonchev–Trinajstić information content (AvgIpc) is 3.10. The van der Waals surface area contributed by atoms with Crippen molar-refractivity contribution >= 4 is 39.8 Å². The Morgan fingerprint density at radius 1 is 0.511 bits per heavy atom. The zero-order valence-corrected chi connectivity index (χ0v) is 27.0. The molecule has 0 aliphatic rings. The largest absolute Gasteiger partial charge is 0.309 e. The predicted molar refractivity (Wildman–Crippen MR) is 195 cm³/mol. The fraction of sp³-hybridized carbons (Fsp3) is 0.0698. The summed E-state index contributed by atoms with van der Waals surface area (Å²) in [6.45, 7) is 11.2. The van der Waals surface area contributed by atoms with E-state index in [1.165, 1.54) is 27.8 Å². The third kappa shape index (κ3) is 5.93. The molecule has 0 saturated carbocycles. The van der Waals surface area contributed by atoms with E-state index in [1.807, 2.05) is 72.8 Å². The lowest BCUT2D eigenvalue weighted by Gasteiger charge is -2.21. The smallest absolute Gasteiger partial charge is 0.171 e. The van der Waals surface area contributed by atoms with Crippen LogP contribution in [0.3, 0.4) is 0 Å². The van der Waals surface area contributed by atoms with Crippen LogP contribution in [0.15, 0.2) is 164 Å². The molecule has 2 heteroatoms. The molecule has 0 heterocycles. The normalized spacial score (nSPS) is 12.0. The van der Waals surface area contributed by atoms with E-state index in [0.717, 1.165) is 43.8 Å². The van der Waals surface area contributed by atoms with Crippen LogP contribution in [0.1, 0.15) is 34.7 Å². The highest BCUT2D eigenvalue weighted by molar-refractivity contribution is 7.85. The van der Waals surface area contributed by atoms with E-state index < -0.39 is 7.14 Å². The minimum absolute atomic E-state index is 0.822. The molecular formula is C43H37OP. The van der Waals surface area contributed by atoms with Gasteiger partial charge in [0.15, 0.2) is 7.14 Å². The van der Waals surface area contributed by atoms with Gasteiger partial charge in [0.1, 0.15) is 0 Å². The highest BCUT2D eigenvalue weighted by Gasteiger charge is 2.29. The quantitative estimate of drug-likeness (QED) is 0.0965. The van der Waals surface area contributed by atoms with Gasteiger partial charge in [-0.25, -0.2) is 0 Å². The van der Waals surface area contributed by atoms with Crippen molar-refractivity contribution in [1.82, 2.24) is 0 Å². The number of rotatable bonds is 8. The van der Waals surface area contributed by atoms with E-state index in [-0.39, 0.29) is 0 Å². The van der Waals surface area contributed by atoms with Crippen molar-refractivity contribution in [2.24, 2.45) is 0 Å². The molecule has 0 spiro atoms. The van der Waals surface area contributed by atoms with Gasteiger partial charge in [0.25, 0.3) is 0 Å². The summed E-state index contributed by atoms with van der Waals surface area (Å²) < 4.78 is 14.8. The van der Waals surface area contributed by atoms with E-state index in [0.29, 0.717) is 0 Å². The molecule has 0 atom stereocenters. The summed E-state index contributed by atoms with van der Waals surface area (Å²) in [7, 11) is -3.03. The van der Waals surface area contributed by atoms with Crippen molar-refractivity contribution in [2.75, 3.05) is 0 Å². The summed E-state index contributed by atoms with van der Waals surface area (Å²) >= 11 is 0. The molecule has 0 unspecified atom stereocenters. The van der Waals surface area contributed by atoms with Crippen LogP contribution in [0, 0.1) is 13.8 Å². The summed E-state index contributed by atoms with van der Waals surface area (Å²) in [5, 5.41) is 2.49. The molecule has 0 fully saturated rings. The maximum Gasteiger partial charge on any atom is 0.171 e. The number of hydrogen-bond donors (Lipinski definition) is 0. The van der Waals surface area contributed by atoms with Crippen LogP contribution < -0.4 is 15.9 Å². The molecular weight excluding hydrogens is 563 g/mol. The van der Waals surface area contributed by atoms with Crippen molar-refractivity contribution in [1.29, 1.82) is 0 Å². The van der Waals surface area contributed by atoms with Crippen molar-refractivity contribution < 1.29 is 4.57 Å². The molecule has 6 aromatic carbocycles. The first-order chi connectivity index (χ1) is 21.9. The second kappa shape index (κ2) is 12.9. The van der Waals surface area contributed by atoms with E-state index in [1.54, 1.807) is 0 Å². The van der Waals surface area contributed by atoms with Crippen LogP contribution in [-0.4, -0.2) is 0 Å². The highest BCUT2D eigenvalue weighted by atomic mass is 31.2. The molecule has 6 rings (SSSR count). The van der Waals surface area contributed by atoms with Gasteiger partial charge in [-0.1, -0.05) is 158 Å². The Balaban J connectivity index is 1.41. The van der Waals surface area contributed by atoms with Gasteiger partial charge < -0.3 is 4.57 Å². The molecule has 0 saturated heterocycles. The first kappa shape index (κ1) is 30.1. The second-order valence-electron chi connectivity index (χ2n) is 11.5. The standard InChI is InChI=1S/C43H37OP/c1-31-16-11-13-24-41(31)34(4)43(42-25-14-12-17-32(42)2)33(3)36-18-15-19-37(30-36)35-26-28-40(29-27-35)45(44,38-20-7-5-8-21-38)39-22-9-6-10-23-39/h5-30H,3H2,1-2,4H3/b43-34+. The van der Waals surface area contributed by atoms with E-state index in [4.69, 9.17) is 0 Å². The molecule has 0 bridgehead atoms. The van der Waals surface area contributed by atoms with Gasteiger partial charge in [0, 0.05) is 15.9 Å². The van der Waals surface area contributed by atoms with Gasteiger partial charge in [-0.2, -0.15) is 0 Å². The molecule has 0 radical (unpaired) electrons. The zero-order valence-electron chi connectivity index (χ0n) is 26.1. The first-order valence-corrected chi connectivity index (χ1v) is 17.0. The summed E-state index contributed by atoms with van der Waals surface area (Å²) in [5.41, 5.74) is 11.5. The minimum Gasteiger partial charge on any atom is -0.309 e. The Morgan fingerprint density at radius 3 is 1.56 bits per heavy atom. The van der Waals surface area contributed by atoms with Crippen molar-refractivity contribution in [3.8, 4) is 11.1 Å². The molecule has 0 N–H and O–H groups in total. The Bertz CT molecular complexity index is 2010. The fourth-order valence-electron chi connectivity index (χ4n) is 6.19. The molecule has 220 valence electrons. The van der Waals surface area contributed by atoms with E-state index in [9.17, 15) is 4.57 Å². The van der Waals surface area contributed by atoms with Crippen LogP contribution in [0.5, 0.6) is 0 Å². The Kier molecular flexibility index (Phi) is 8.65. The molecule has 0 aliphatic carbocycles. The fourth-order valence-corrected chi connectivity index (χ4v) is 8.84. The van der Waals surface area contributed by atoms with Crippen molar-refractivity contribution in [3.63, 3.8) is 0 Å². The van der Waals surface area contributed by atoms with Crippen LogP contribution >= 0.6 is 7.14 Å². The third-order valence-electron chi connectivity index (χ3n) is 8.66. The van der Waals surface area contributed by atoms with Gasteiger partial charge in [0.05, 0.1) is 0 Å². The van der Waals surface area contributed by atoms with E-state index in [2.05, 4.69) is 112 Å². The van der Waals surface area contributed by atoms with Crippen LogP contribution in [0.4, 0.5) is 0 Å². The molecule has 0 amide bonds. The van der Waals surface area contributed by atoms with E-state index >= 15 is 0 Å². The number of allylic oxidation sites excluding steroid dienone is 3. The predicted octanol–water partition coefficient (Wildman–Crippen LogP) is 10.3. The van der Waals surface area contributed by atoms with Crippen molar-refractivity contribution in [3.05, 3.63) is 192 Å². The summed E-state index contributed by atoms with van der Waals surface area (Å²) in [5.74, 6) is 0.